The molecule has 1 saturated heterocycles. The Morgan fingerprint density at radius 2 is 1.62 bits per heavy atom. The van der Waals surface area contributed by atoms with Crippen LogP contribution in [0.25, 0.3) is 17.3 Å². The summed E-state index contributed by atoms with van der Waals surface area (Å²) in [5.74, 6) is 2.12. The summed E-state index contributed by atoms with van der Waals surface area (Å²) in [5.41, 5.74) is 2.77. The molecule has 164 valence electrons. The number of piperazine rings is 1. The number of methoxy groups -OCH3 is 2. The van der Waals surface area contributed by atoms with Crippen molar-refractivity contribution < 1.29 is 14.3 Å². The molecule has 1 fully saturated rings. The Morgan fingerprint density at radius 1 is 0.875 bits per heavy atom. The molecule has 2 heterocycles. The van der Waals surface area contributed by atoms with Crippen LogP contribution in [0.2, 0.25) is 0 Å². The molecule has 7 nitrogen and oxygen atoms in total. The van der Waals surface area contributed by atoms with Crippen LogP contribution in [0.4, 0.5) is 5.82 Å². The van der Waals surface area contributed by atoms with Gasteiger partial charge in [-0.3, -0.25) is 4.79 Å². The molecule has 0 N–H and O–H groups in total. The third-order valence-electron chi connectivity index (χ3n) is 5.46. The van der Waals surface area contributed by atoms with Crippen molar-refractivity contribution in [3.05, 3.63) is 72.3 Å². The monoisotopic (exact) mass is 430 g/mol. The van der Waals surface area contributed by atoms with E-state index >= 15 is 0 Å². The number of hydrogen-bond acceptors (Lipinski definition) is 6. The van der Waals surface area contributed by atoms with Crippen molar-refractivity contribution in [3.63, 3.8) is 0 Å². The fraction of sp³-hybridized carbons (Fsp3) is 0.240. The molecule has 3 aromatic rings. The zero-order valence-corrected chi connectivity index (χ0v) is 18.3. The highest BCUT2D eigenvalue weighted by atomic mass is 16.5. The van der Waals surface area contributed by atoms with E-state index in [9.17, 15) is 4.79 Å². The predicted molar refractivity (Wildman–Crippen MR) is 125 cm³/mol. The molecule has 0 saturated carbocycles. The lowest BCUT2D eigenvalue weighted by atomic mass is 10.1. The first-order chi connectivity index (χ1) is 15.7. The summed E-state index contributed by atoms with van der Waals surface area (Å²) in [6.45, 7) is 2.71. The highest BCUT2D eigenvalue weighted by Gasteiger charge is 2.21. The quantitative estimate of drug-likeness (QED) is 0.558. The van der Waals surface area contributed by atoms with E-state index in [1.807, 2.05) is 65.6 Å². The summed E-state index contributed by atoms with van der Waals surface area (Å²) in [7, 11) is 3.19. The summed E-state index contributed by atoms with van der Waals surface area (Å²) in [5, 5.41) is 8.76. The molecule has 1 amide bonds. The Hall–Kier alpha value is -3.87. The number of hydrogen-bond donors (Lipinski definition) is 0. The second-order valence-corrected chi connectivity index (χ2v) is 7.40. The van der Waals surface area contributed by atoms with Crippen molar-refractivity contribution in [1.29, 1.82) is 0 Å². The maximum Gasteiger partial charge on any atom is 0.246 e. The van der Waals surface area contributed by atoms with Gasteiger partial charge >= 0.3 is 0 Å². The maximum atomic E-state index is 12.6. The number of ether oxygens (including phenoxy) is 2. The highest BCUT2D eigenvalue weighted by molar-refractivity contribution is 5.92. The van der Waals surface area contributed by atoms with Gasteiger partial charge in [-0.15, -0.1) is 10.2 Å². The molecule has 2 aromatic carbocycles. The van der Waals surface area contributed by atoms with E-state index in [2.05, 4.69) is 15.1 Å². The van der Waals surface area contributed by atoms with Gasteiger partial charge in [0.1, 0.15) is 0 Å². The number of nitrogens with zero attached hydrogens (tertiary/aromatic N) is 4. The van der Waals surface area contributed by atoms with Crippen molar-refractivity contribution in [1.82, 2.24) is 15.1 Å². The lowest BCUT2D eigenvalue weighted by molar-refractivity contribution is -0.126. The molecule has 1 aromatic heterocycles. The second-order valence-electron chi connectivity index (χ2n) is 7.40. The number of rotatable bonds is 6. The topological polar surface area (TPSA) is 67.8 Å². The average molecular weight is 431 g/mol. The van der Waals surface area contributed by atoms with E-state index in [-0.39, 0.29) is 5.91 Å². The van der Waals surface area contributed by atoms with Gasteiger partial charge in [0.2, 0.25) is 5.91 Å². The van der Waals surface area contributed by atoms with Gasteiger partial charge in [-0.05, 0) is 35.9 Å². The molecule has 1 aliphatic rings. The van der Waals surface area contributed by atoms with E-state index in [1.165, 1.54) is 0 Å². The Morgan fingerprint density at radius 3 is 2.28 bits per heavy atom. The first-order valence-electron chi connectivity index (χ1n) is 10.5. The van der Waals surface area contributed by atoms with Crippen LogP contribution in [0.15, 0.2) is 66.7 Å². The van der Waals surface area contributed by atoms with Gasteiger partial charge in [0.25, 0.3) is 0 Å². The molecule has 7 heteroatoms. The van der Waals surface area contributed by atoms with Crippen LogP contribution in [-0.2, 0) is 4.79 Å². The first-order valence-corrected chi connectivity index (χ1v) is 10.5. The van der Waals surface area contributed by atoms with Gasteiger partial charge in [-0.2, -0.15) is 0 Å². The summed E-state index contributed by atoms with van der Waals surface area (Å²) in [6.07, 6.45) is 3.40. The molecular weight excluding hydrogens is 404 g/mol. The second kappa shape index (κ2) is 9.96. The van der Waals surface area contributed by atoms with Gasteiger partial charge in [0.05, 0.1) is 19.9 Å². The van der Waals surface area contributed by atoms with Crippen LogP contribution >= 0.6 is 0 Å². The average Bonchev–Trinajstić information content (AvgIpc) is 2.87. The van der Waals surface area contributed by atoms with Crippen LogP contribution in [0.5, 0.6) is 11.5 Å². The van der Waals surface area contributed by atoms with Gasteiger partial charge in [0, 0.05) is 37.8 Å². The van der Waals surface area contributed by atoms with E-state index in [4.69, 9.17) is 9.47 Å². The van der Waals surface area contributed by atoms with Gasteiger partial charge in [-0.1, -0.05) is 36.4 Å². The molecule has 32 heavy (non-hydrogen) atoms. The smallest absolute Gasteiger partial charge is 0.246 e. The number of benzene rings is 2. The Balaban J connectivity index is 1.33. The van der Waals surface area contributed by atoms with Crippen LogP contribution in [-0.4, -0.2) is 61.4 Å². The molecule has 0 unspecified atom stereocenters. The zero-order chi connectivity index (χ0) is 22.3. The highest BCUT2D eigenvalue weighted by Crippen LogP contribution is 2.28. The van der Waals surface area contributed by atoms with Crippen LogP contribution < -0.4 is 14.4 Å². The van der Waals surface area contributed by atoms with Crippen molar-refractivity contribution in [2.24, 2.45) is 0 Å². The van der Waals surface area contributed by atoms with Crippen molar-refractivity contribution in [2.45, 2.75) is 0 Å². The zero-order valence-electron chi connectivity index (χ0n) is 18.3. The number of aromatic nitrogens is 2. The normalized spacial score (nSPS) is 13.9. The third-order valence-corrected chi connectivity index (χ3v) is 5.46. The van der Waals surface area contributed by atoms with E-state index in [0.29, 0.717) is 24.6 Å². The van der Waals surface area contributed by atoms with E-state index in [0.717, 1.165) is 35.7 Å². The van der Waals surface area contributed by atoms with Crippen molar-refractivity contribution in [2.75, 3.05) is 45.3 Å². The van der Waals surface area contributed by atoms with Gasteiger partial charge in [-0.25, -0.2) is 0 Å². The lowest BCUT2D eigenvalue weighted by Gasteiger charge is -2.34. The van der Waals surface area contributed by atoms with Crippen LogP contribution in [0, 0.1) is 0 Å². The standard InChI is InChI=1S/C25H26N4O3/c1-31-22-11-8-19(18-23(22)32-2)9-13-25(30)29-16-14-28(15-17-29)24-12-10-21(26-27-24)20-6-4-3-5-7-20/h3-13,18H,14-17H2,1-2H3/b13-9+. The first kappa shape index (κ1) is 21.4. The molecule has 4 rings (SSSR count). The third kappa shape index (κ3) is 4.88. The van der Waals surface area contributed by atoms with Gasteiger partial charge < -0.3 is 19.3 Å². The van der Waals surface area contributed by atoms with Crippen LogP contribution in [0.1, 0.15) is 5.56 Å². The Bertz CT molecular complexity index is 1080. The SMILES string of the molecule is COc1ccc(/C=C/C(=O)N2CCN(c3ccc(-c4ccccc4)nn3)CC2)cc1OC. The minimum atomic E-state index is -0.00931. The summed E-state index contributed by atoms with van der Waals surface area (Å²) in [4.78, 5) is 16.6. The minimum Gasteiger partial charge on any atom is -0.493 e. The van der Waals surface area contributed by atoms with Crippen molar-refractivity contribution in [3.8, 4) is 22.8 Å². The fourth-order valence-electron chi connectivity index (χ4n) is 3.64. The Labute approximate surface area is 187 Å². The van der Waals surface area contributed by atoms with Crippen LogP contribution in [0.3, 0.4) is 0 Å². The molecule has 0 bridgehead atoms. The number of carbonyl (C=O) groups excluding carboxylic acids is 1. The number of anilines is 1. The fourth-order valence-corrected chi connectivity index (χ4v) is 3.64. The molecule has 0 atom stereocenters. The Kier molecular flexibility index (Phi) is 6.65. The van der Waals surface area contributed by atoms with Crippen molar-refractivity contribution >= 4 is 17.8 Å². The van der Waals surface area contributed by atoms with E-state index < -0.39 is 0 Å². The van der Waals surface area contributed by atoms with E-state index in [1.54, 1.807) is 26.4 Å². The minimum absolute atomic E-state index is 0.00931. The molecule has 1 aliphatic heterocycles. The predicted octanol–water partition coefficient (Wildman–Crippen LogP) is 3.52. The summed E-state index contributed by atoms with van der Waals surface area (Å²) in [6, 6.07) is 19.5. The number of carbonyl (C=O) groups is 1. The molecule has 0 spiro atoms. The lowest BCUT2D eigenvalue weighted by Crippen LogP contribution is -2.48. The largest absolute Gasteiger partial charge is 0.493 e. The molecular formula is C25H26N4O3. The van der Waals surface area contributed by atoms with Gasteiger partial charge in [0.15, 0.2) is 17.3 Å². The molecule has 0 aliphatic carbocycles. The summed E-state index contributed by atoms with van der Waals surface area (Å²) >= 11 is 0. The molecule has 0 radical (unpaired) electrons. The maximum absolute atomic E-state index is 12.6. The number of amides is 1. The summed E-state index contributed by atoms with van der Waals surface area (Å²) < 4.78 is 10.6.